The Morgan fingerprint density at radius 1 is 0.955 bits per heavy atom. The maximum Gasteiger partial charge on any atom is 0.238 e. The lowest BCUT2D eigenvalue weighted by Gasteiger charge is -2.08. The molecule has 0 spiro atoms. The van der Waals surface area contributed by atoms with E-state index in [9.17, 15) is 8.42 Å². The Labute approximate surface area is 128 Å². The highest BCUT2D eigenvalue weighted by atomic mass is 32.2. The maximum absolute atomic E-state index is 11.3. The summed E-state index contributed by atoms with van der Waals surface area (Å²) in [4.78, 5) is 0.0534. The predicted octanol–water partition coefficient (Wildman–Crippen LogP) is 1.77. The van der Waals surface area contributed by atoms with Crippen molar-refractivity contribution in [2.45, 2.75) is 4.90 Å². The van der Waals surface area contributed by atoms with E-state index in [4.69, 9.17) is 10.9 Å². The van der Waals surface area contributed by atoms with Gasteiger partial charge in [0.2, 0.25) is 10.0 Å². The molecule has 3 aromatic rings. The Hall–Kier alpha value is -2.64. The summed E-state index contributed by atoms with van der Waals surface area (Å²) in [5, 5.41) is 9.36. The van der Waals surface area contributed by atoms with Crippen molar-refractivity contribution in [1.82, 2.24) is 9.78 Å². The number of sulfonamides is 1. The van der Waals surface area contributed by atoms with Crippen molar-refractivity contribution in [3.05, 3.63) is 60.7 Å². The van der Waals surface area contributed by atoms with Gasteiger partial charge in [-0.05, 0) is 24.3 Å². The van der Waals surface area contributed by atoms with Gasteiger partial charge in [-0.3, -0.25) is 0 Å². The van der Waals surface area contributed by atoms with Crippen LogP contribution < -0.4 is 10.9 Å². The van der Waals surface area contributed by atoms with E-state index < -0.39 is 10.0 Å². The lowest BCUT2D eigenvalue weighted by Crippen LogP contribution is -2.12. The third kappa shape index (κ3) is 2.72. The molecule has 0 aliphatic heterocycles. The highest BCUT2D eigenvalue weighted by Gasteiger charge is 2.12. The minimum absolute atomic E-state index is 0.0534. The fraction of sp³-hybridized carbons (Fsp3) is 0. The van der Waals surface area contributed by atoms with E-state index in [1.165, 1.54) is 12.1 Å². The van der Waals surface area contributed by atoms with Crippen molar-refractivity contribution in [2.24, 2.45) is 5.14 Å². The van der Waals surface area contributed by atoms with Gasteiger partial charge >= 0.3 is 0 Å². The average molecular weight is 314 g/mol. The summed E-state index contributed by atoms with van der Waals surface area (Å²) in [5.74, 6) is 0.384. The van der Waals surface area contributed by atoms with E-state index in [0.29, 0.717) is 11.5 Å². The van der Waals surface area contributed by atoms with Crippen LogP contribution in [0.5, 0.6) is 0 Å². The largest absolute Gasteiger partial charge is 0.382 e. The molecule has 22 heavy (non-hydrogen) atoms. The molecule has 0 bridgehead atoms. The summed E-state index contributed by atoms with van der Waals surface area (Å²) in [5.41, 5.74) is 8.28. The lowest BCUT2D eigenvalue weighted by molar-refractivity contribution is 0.598. The van der Waals surface area contributed by atoms with Crippen LogP contribution in [0.1, 0.15) is 0 Å². The molecule has 0 unspecified atom stereocenters. The fourth-order valence-corrected chi connectivity index (χ4v) is 2.70. The van der Waals surface area contributed by atoms with Crippen molar-refractivity contribution in [3.8, 4) is 16.9 Å². The van der Waals surface area contributed by atoms with Crippen molar-refractivity contribution < 1.29 is 8.42 Å². The van der Waals surface area contributed by atoms with Gasteiger partial charge in [0.15, 0.2) is 0 Å². The van der Waals surface area contributed by atoms with Gasteiger partial charge in [0.1, 0.15) is 5.82 Å². The molecule has 0 radical (unpaired) electrons. The number of nitrogens with two attached hydrogens (primary N) is 2. The van der Waals surface area contributed by atoms with Crippen LogP contribution >= 0.6 is 0 Å². The van der Waals surface area contributed by atoms with Crippen LogP contribution in [-0.2, 0) is 10.0 Å². The first-order chi connectivity index (χ1) is 10.4. The zero-order chi connectivity index (χ0) is 15.7. The van der Waals surface area contributed by atoms with Gasteiger partial charge in [0, 0.05) is 11.6 Å². The Kier molecular flexibility index (Phi) is 3.44. The Bertz CT molecular complexity index is 900. The van der Waals surface area contributed by atoms with Crippen molar-refractivity contribution >= 4 is 15.8 Å². The Balaban J connectivity index is 2.10. The van der Waals surface area contributed by atoms with Crippen LogP contribution in [0, 0.1) is 0 Å². The van der Waals surface area contributed by atoms with Gasteiger partial charge in [-0.15, -0.1) is 0 Å². The number of nitrogens with zero attached hydrogens (tertiary/aromatic N) is 2. The first kappa shape index (κ1) is 14.3. The van der Waals surface area contributed by atoms with Crippen LogP contribution in [0.15, 0.2) is 65.6 Å². The first-order valence-electron chi connectivity index (χ1n) is 6.49. The smallest absolute Gasteiger partial charge is 0.238 e. The molecule has 0 amide bonds. The molecule has 0 fully saturated rings. The highest BCUT2D eigenvalue weighted by molar-refractivity contribution is 7.89. The minimum atomic E-state index is -3.71. The fourth-order valence-electron chi connectivity index (χ4n) is 2.19. The van der Waals surface area contributed by atoms with E-state index in [-0.39, 0.29) is 4.90 Å². The molecule has 2 aromatic carbocycles. The summed E-state index contributed by atoms with van der Waals surface area (Å²) < 4.78 is 24.3. The second kappa shape index (κ2) is 5.28. The Morgan fingerprint density at radius 3 is 2.18 bits per heavy atom. The van der Waals surface area contributed by atoms with Gasteiger partial charge in [-0.2, -0.15) is 5.10 Å². The first-order valence-corrected chi connectivity index (χ1v) is 8.04. The predicted molar refractivity (Wildman–Crippen MR) is 84.8 cm³/mol. The van der Waals surface area contributed by atoms with Crippen LogP contribution in [0.25, 0.3) is 16.9 Å². The van der Waals surface area contributed by atoms with Crippen molar-refractivity contribution in [1.29, 1.82) is 0 Å². The maximum atomic E-state index is 11.3. The van der Waals surface area contributed by atoms with E-state index in [2.05, 4.69) is 5.10 Å². The molecular formula is C15H14N4O2S. The van der Waals surface area contributed by atoms with Gasteiger partial charge < -0.3 is 5.73 Å². The number of hydrogen-bond donors (Lipinski definition) is 2. The molecule has 1 heterocycles. The number of benzene rings is 2. The molecule has 3 rings (SSSR count). The number of hydrogen-bond acceptors (Lipinski definition) is 4. The van der Waals surface area contributed by atoms with Crippen molar-refractivity contribution in [2.75, 3.05) is 5.73 Å². The monoisotopic (exact) mass is 314 g/mol. The quantitative estimate of drug-likeness (QED) is 0.768. The van der Waals surface area contributed by atoms with Gasteiger partial charge in [0.05, 0.1) is 16.3 Å². The van der Waals surface area contributed by atoms with Gasteiger partial charge in [-0.25, -0.2) is 18.2 Å². The summed E-state index contributed by atoms with van der Waals surface area (Å²) in [6.07, 6.45) is 0. The molecular weight excluding hydrogens is 300 g/mol. The second-order valence-electron chi connectivity index (χ2n) is 4.77. The van der Waals surface area contributed by atoms with Gasteiger partial charge in [-0.1, -0.05) is 30.3 Å². The molecule has 4 N–H and O–H groups in total. The third-order valence-electron chi connectivity index (χ3n) is 3.21. The van der Waals surface area contributed by atoms with Gasteiger partial charge in [0.25, 0.3) is 0 Å². The number of primary sulfonamides is 1. The molecule has 0 saturated heterocycles. The van der Waals surface area contributed by atoms with Crippen LogP contribution in [-0.4, -0.2) is 18.2 Å². The molecule has 1 aromatic heterocycles. The summed E-state index contributed by atoms with van der Waals surface area (Å²) in [7, 11) is -3.71. The minimum Gasteiger partial charge on any atom is -0.382 e. The number of rotatable bonds is 3. The standard InChI is InChI=1S/C15H14N4O2S/c16-15-10-14(11-4-2-1-3-5-11)19(18-15)12-6-8-13(9-7-12)22(17,20)21/h1-10H,(H2,16,18)(H2,17,20,21). The molecule has 0 saturated carbocycles. The third-order valence-corrected chi connectivity index (χ3v) is 4.14. The van der Waals surface area contributed by atoms with Crippen LogP contribution in [0.4, 0.5) is 5.82 Å². The van der Waals surface area contributed by atoms with E-state index >= 15 is 0 Å². The zero-order valence-corrected chi connectivity index (χ0v) is 12.4. The molecule has 0 aliphatic carbocycles. The lowest BCUT2D eigenvalue weighted by atomic mass is 10.1. The SMILES string of the molecule is Nc1cc(-c2ccccc2)n(-c2ccc(S(N)(=O)=O)cc2)n1. The van der Waals surface area contributed by atoms with E-state index in [1.54, 1.807) is 22.9 Å². The number of nitrogen functional groups attached to an aromatic ring is 1. The molecule has 112 valence electrons. The normalized spacial score (nSPS) is 11.5. The van der Waals surface area contributed by atoms with E-state index in [1.807, 2.05) is 30.3 Å². The van der Waals surface area contributed by atoms with Crippen LogP contribution in [0.2, 0.25) is 0 Å². The van der Waals surface area contributed by atoms with Crippen molar-refractivity contribution in [3.63, 3.8) is 0 Å². The Morgan fingerprint density at radius 2 is 1.59 bits per heavy atom. The summed E-state index contributed by atoms with van der Waals surface area (Å²) >= 11 is 0. The summed E-state index contributed by atoms with van der Waals surface area (Å²) in [6, 6.07) is 17.6. The molecule has 0 atom stereocenters. The highest BCUT2D eigenvalue weighted by Crippen LogP contribution is 2.25. The molecule has 6 nitrogen and oxygen atoms in total. The number of anilines is 1. The number of aromatic nitrogens is 2. The second-order valence-corrected chi connectivity index (χ2v) is 6.33. The zero-order valence-electron chi connectivity index (χ0n) is 11.5. The topological polar surface area (TPSA) is 104 Å². The average Bonchev–Trinajstić information content (AvgIpc) is 2.89. The molecule has 7 heteroatoms. The van der Waals surface area contributed by atoms with E-state index in [0.717, 1.165) is 11.3 Å². The van der Waals surface area contributed by atoms with Crippen LogP contribution in [0.3, 0.4) is 0 Å². The summed E-state index contributed by atoms with van der Waals surface area (Å²) in [6.45, 7) is 0. The molecule has 0 aliphatic rings.